The first-order valence-electron chi connectivity index (χ1n) is 11.8. The Kier molecular flexibility index (Phi) is 7.65. The summed E-state index contributed by atoms with van der Waals surface area (Å²) in [5.74, 6) is 2.37. The first kappa shape index (κ1) is 24.1. The second-order valence-electron chi connectivity index (χ2n) is 10.8. The number of aliphatic hydroxyl groups excluding tert-OH is 2. The highest BCUT2D eigenvalue weighted by molar-refractivity contribution is 7.99. The van der Waals surface area contributed by atoms with Crippen LogP contribution in [0, 0.1) is 17.3 Å². The number of aliphatic hydroxyl groups is 3. The van der Waals surface area contributed by atoms with Crippen LogP contribution < -0.4 is 0 Å². The van der Waals surface area contributed by atoms with Gasteiger partial charge in [-0.05, 0) is 92.9 Å². The topological polar surface area (TPSA) is 60.7 Å². The number of thioether (sulfide) groups is 1. The van der Waals surface area contributed by atoms with Crippen molar-refractivity contribution in [3.8, 4) is 0 Å². The molecule has 0 unspecified atom stereocenters. The first-order chi connectivity index (χ1) is 14.0. The molecule has 0 spiro atoms. The van der Waals surface area contributed by atoms with Gasteiger partial charge in [0, 0.05) is 11.7 Å². The van der Waals surface area contributed by atoms with E-state index in [4.69, 9.17) is 0 Å². The van der Waals surface area contributed by atoms with Gasteiger partial charge in [0.2, 0.25) is 0 Å². The van der Waals surface area contributed by atoms with Gasteiger partial charge in [0.25, 0.3) is 0 Å². The molecule has 0 amide bonds. The summed E-state index contributed by atoms with van der Waals surface area (Å²) >= 11 is 2.03. The average molecular weight is 435 g/mol. The molecule has 3 rings (SSSR count). The average Bonchev–Trinajstić information content (AvgIpc) is 3.00. The minimum Gasteiger partial charge on any atom is -0.393 e. The van der Waals surface area contributed by atoms with Crippen molar-refractivity contribution >= 4 is 11.8 Å². The van der Waals surface area contributed by atoms with Crippen LogP contribution in [0.25, 0.3) is 0 Å². The molecule has 30 heavy (non-hydrogen) atoms. The Bertz CT molecular complexity index is 689. The fourth-order valence-electron chi connectivity index (χ4n) is 6.13. The third-order valence-electron chi connectivity index (χ3n) is 7.96. The molecule has 0 saturated heterocycles. The molecule has 0 aromatic carbocycles. The van der Waals surface area contributed by atoms with Gasteiger partial charge in [-0.2, -0.15) is 11.8 Å². The van der Waals surface area contributed by atoms with Crippen LogP contribution in [0.5, 0.6) is 0 Å². The maximum atomic E-state index is 10.1. The Morgan fingerprint density at radius 2 is 2.00 bits per heavy atom. The lowest BCUT2D eigenvalue weighted by Crippen LogP contribution is -2.37. The van der Waals surface area contributed by atoms with Crippen molar-refractivity contribution in [2.75, 3.05) is 5.75 Å². The van der Waals surface area contributed by atoms with Gasteiger partial charge in [-0.25, -0.2) is 0 Å². The smallest absolute Gasteiger partial charge is 0.0811 e. The largest absolute Gasteiger partial charge is 0.393 e. The van der Waals surface area contributed by atoms with Crippen LogP contribution in [0.15, 0.2) is 35.5 Å². The standard InChI is InChI=1S/C26H42O3S/c1-17-20(15-21(27)16-24(17)28)9-8-19-7-6-12-26(5)22(10-11-23(19)26)18(2)30-14-13-25(3,4)29/h8-9,18,21-24,27-29H,1,6-7,10-16H2,2-5H3/t18-,21+,22+,23-,24-,26+/m0/s1. The van der Waals surface area contributed by atoms with E-state index in [1.54, 1.807) is 5.57 Å². The van der Waals surface area contributed by atoms with Crippen LogP contribution in [-0.2, 0) is 0 Å². The lowest BCUT2D eigenvalue weighted by Gasteiger charge is -2.44. The lowest BCUT2D eigenvalue weighted by molar-refractivity contribution is 0.0776. The minimum absolute atomic E-state index is 0.354. The molecule has 0 aromatic heterocycles. The number of allylic oxidation sites excluding steroid dienone is 3. The van der Waals surface area contributed by atoms with Gasteiger partial charge in [-0.3, -0.25) is 0 Å². The zero-order valence-electron chi connectivity index (χ0n) is 19.4. The molecule has 3 N–H and O–H groups in total. The zero-order valence-corrected chi connectivity index (χ0v) is 20.2. The van der Waals surface area contributed by atoms with Gasteiger partial charge in [0.05, 0.1) is 17.8 Å². The number of rotatable bonds is 6. The Morgan fingerprint density at radius 3 is 2.70 bits per heavy atom. The lowest BCUT2D eigenvalue weighted by atomic mass is 9.63. The van der Waals surface area contributed by atoms with Gasteiger partial charge < -0.3 is 15.3 Å². The van der Waals surface area contributed by atoms with Crippen LogP contribution in [0.3, 0.4) is 0 Å². The Hall–Kier alpha value is -0.550. The van der Waals surface area contributed by atoms with Crippen LogP contribution in [0.2, 0.25) is 0 Å². The molecular formula is C26H42O3S. The molecule has 0 bridgehead atoms. The molecule has 6 atom stereocenters. The Balaban J connectivity index is 1.70. The van der Waals surface area contributed by atoms with E-state index in [0.29, 0.717) is 29.4 Å². The maximum absolute atomic E-state index is 10.1. The van der Waals surface area contributed by atoms with Crippen molar-refractivity contribution in [3.05, 3.63) is 35.5 Å². The van der Waals surface area contributed by atoms with Crippen LogP contribution in [0.4, 0.5) is 0 Å². The van der Waals surface area contributed by atoms with E-state index in [-0.39, 0.29) is 0 Å². The van der Waals surface area contributed by atoms with Crippen molar-refractivity contribution in [2.45, 2.75) is 102 Å². The fraction of sp³-hybridized carbons (Fsp3) is 0.769. The number of hydrogen-bond donors (Lipinski definition) is 3. The van der Waals surface area contributed by atoms with Crippen LogP contribution in [0.1, 0.15) is 79.1 Å². The van der Waals surface area contributed by atoms with Crippen molar-refractivity contribution < 1.29 is 15.3 Å². The molecule has 0 radical (unpaired) electrons. The van der Waals surface area contributed by atoms with E-state index in [1.165, 1.54) is 25.7 Å². The van der Waals surface area contributed by atoms with Crippen molar-refractivity contribution in [1.82, 2.24) is 0 Å². The molecule has 0 aliphatic heterocycles. The Labute approximate surface area is 187 Å². The second kappa shape index (κ2) is 9.52. The van der Waals surface area contributed by atoms with E-state index in [1.807, 2.05) is 25.6 Å². The molecule has 4 heteroatoms. The highest BCUT2D eigenvalue weighted by Crippen LogP contribution is 2.59. The molecule has 170 valence electrons. The highest BCUT2D eigenvalue weighted by atomic mass is 32.2. The van der Waals surface area contributed by atoms with Gasteiger partial charge in [-0.1, -0.05) is 38.2 Å². The molecule has 3 nitrogen and oxygen atoms in total. The normalized spacial score (nSPS) is 38.8. The van der Waals surface area contributed by atoms with Crippen LogP contribution in [-0.4, -0.2) is 44.1 Å². The van der Waals surface area contributed by atoms with Crippen molar-refractivity contribution in [3.63, 3.8) is 0 Å². The molecular weight excluding hydrogens is 392 g/mol. The summed E-state index contributed by atoms with van der Waals surface area (Å²) in [6.07, 6.45) is 11.4. The third-order valence-corrected chi connectivity index (χ3v) is 9.26. The van der Waals surface area contributed by atoms with Crippen LogP contribution >= 0.6 is 11.8 Å². The Morgan fingerprint density at radius 1 is 1.27 bits per heavy atom. The number of hydrogen-bond acceptors (Lipinski definition) is 4. The molecule has 3 fully saturated rings. The van der Waals surface area contributed by atoms with Gasteiger partial charge >= 0.3 is 0 Å². The summed E-state index contributed by atoms with van der Waals surface area (Å²) in [4.78, 5) is 0. The summed E-state index contributed by atoms with van der Waals surface area (Å²) in [7, 11) is 0. The minimum atomic E-state index is -0.618. The van der Waals surface area contributed by atoms with Crippen molar-refractivity contribution in [1.29, 1.82) is 0 Å². The van der Waals surface area contributed by atoms with E-state index < -0.39 is 17.8 Å². The quantitative estimate of drug-likeness (QED) is 0.523. The summed E-state index contributed by atoms with van der Waals surface area (Å²) in [6, 6.07) is 0. The molecule has 0 aromatic rings. The fourth-order valence-corrected chi connectivity index (χ4v) is 7.79. The molecule has 3 aliphatic rings. The third kappa shape index (κ3) is 5.43. The maximum Gasteiger partial charge on any atom is 0.0811 e. The molecule has 3 aliphatic carbocycles. The predicted molar refractivity (Wildman–Crippen MR) is 128 cm³/mol. The molecule has 0 heterocycles. The molecule has 3 saturated carbocycles. The zero-order chi connectivity index (χ0) is 22.1. The summed E-state index contributed by atoms with van der Waals surface area (Å²) in [6.45, 7) is 12.8. The van der Waals surface area contributed by atoms with E-state index in [9.17, 15) is 15.3 Å². The van der Waals surface area contributed by atoms with E-state index >= 15 is 0 Å². The van der Waals surface area contributed by atoms with E-state index in [0.717, 1.165) is 35.7 Å². The van der Waals surface area contributed by atoms with Gasteiger partial charge in [-0.15, -0.1) is 0 Å². The van der Waals surface area contributed by atoms with Gasteiger partial charge in [0.1, 0.15) is 0 Å². The van der Waals surface area contributed by atoms with E-state index in [2.05, 4.69) is 32.6 Å². The number of fused-ring (bicyclic) bond motifs is 1. The summed E-state index contributed by atoms with van der Waals surface area (Å²) in [5.41, 5.74) is 3.11. The first-order valence-corrected chi connectivity index (χ1v) is 12.8. The SMILES string of the molecule is C=C1C(=CC=C2CCC[C@]3(C)[C@@H]([C@H](C)SCCC(C)(C)O)CC[C@@H]23)C[C@@H](O)C[C@@H]1O. The summed E-state index contributed by atoms with van der Waals surface area (Å²) in [5, 5.41) is 30.8. The summed E-state index contributed by atoms with van der Waals surface area (Å²) < 4.78 is 0. The van der Waals surface area contributed by atoms with Crippen molar-refractivity contribution in [2.24, 2.45) is 17.3 Å². The monoisotopic (exact) mass is 434 g/mol. The predicted octanol–water partition coefficient (Wildman–Crippen LogP) is 5.41. The highest BCUT2D eigenvalue weighted by Gasteiger charge is 2.50. The van der Waals surface area contributed by atoms with Gasteiger partial charge in [0.15, 0.2) is 0 Å². The second-order valence-corrected chi connectivity index (χ2v) is 12.3.